The van der Waals surface area contributed by atoms with Crippen molar-refractivity contribution in [3.8, 4) is 0 Å². The normalized spacial score (nSPS) is 38.5. The van der Waals surface area contributed by atoms with Crippen molar-refractivity contribution in [3.05, 3.63) is 0 Å². The molecule has 0 saturated heterocycles. The first kappa shape index (κ1) is 9.23. The van der Waals surface area contributed by atoms with Crippen LogP contribution in [0.5, 0.6) is 0 Å². The van der Waals surface area contributed by atoms with Gasteiger partial charge in [0, 0.05) is 12.8 Å². The van der Waals surface area contributed by atoms with Crippen molar-refractivity contribution < 1.29 is 4.79 Å². The molecule has 0 spiro atoms. The summed E-state index contributed by atoms with van der Waals surface area (Å²) in [6.45, 7) is 4.75. The standard InChI is InChI=1S/C12H20O/c1-12(2)9-4-3-5-10(12)8-11(13)7-6-9/h9-10H,3-8H2,1-2H3. The predicted octanol–water partition coefficient (Wildman–Crippen LogP) is 3.18. The van der Waals surface area contributed by atoms with E-state index in [2.05, 4.69) is 13.8 Å². The molecule has 0 heterocycles. The molecule has 0 amide bonds. The van der Waals surface area contributed by atoms with E-state index < -0.39 is 0 Å². The van der Waals surface area contributed by atoms with Gasteiger partial charge in [-0.05, 0) is 36.5 Å². The Morgan fingerprint density at radius 3 is 2.62 bits per heavy atom. The Morgan fingerprint density at radius 2 is 1.85 bits per heavy atom. The van der Waals surface area contributed by atoms with Crippen molar-refractivity contribution in [2.75, 3.05) is 0 Å². The number of rotatable bonds is 0. The lowest BCUT2D eigenvalue weighted by Crippen LogP contribution is -2.35. The minimum Gasteiger partial charge on any atom is -0.300 e. The number of ketones is 1. The van der Waals surface area contributed by atoms with E-state index in [0.717, 1.165) is 25.2 Å². The fourth-order valence-electron chi connectivity index (χ4n) is 3.28. The molecule has 2 saturated carbocycles. The summed E-state index contributed by atoms with van der Waals surface area (Å²) in [7, 11) is 0. The van der Waals surface area contributed by atoms with Gasteiger partial charge < -0.3 is 0 Å². The maximum Gasteiger partial charge on any atom is 0.133 e. The van der Waals surface area contributed by atoms with Gasteiger partial charge in [-0.2, -0.15) is 0 Å². The molecule has 1 nitrogen and oxygen atoms in total. The summed E-state index contributed by atoms with van der Waals surface area (Å²) in [4.78, 5) is 11.5. The van der Waals surface area contributed by atoms with E-state index in [1.807, 2.05) is 0 Å². The Labute approximate surface area is 80.9 Å². The van der Waals surface area contributed by atoms with Gasteiger partial charge in [0.25, 0.3) is 0 Å². The molecule has 0 aliphatic heterocycles. The highest BCUT2D eigenvalue weighted by Crippen LogP contribution is 2.50. The van der Waals surface area contributed by atoms with Crippen LogP contribution in [0.15, 0.2) is 0 Å². The quantitative estimate of drug-likeness (QED) is 0.559. The van der Waals surface area contributed by atoms with E-state index in [0.29, 0.717) is 17.1 Å². The number of carbonyl (C=O) groups excluding carboxylic acids is 1. The summed E-state index contributed by atoms with van der Waals surface area (Å²) >= 11 is 0. The van der Waals surface area contributed by atoms with Gasteiger partial charge in [-0.1, -0.05) is 20.3 Å². The minimum atomic E-state index is 0.435. The average molecular weight is 180 g/mol. The number of fused-ring (bicyclic) bond motifs is 2. The highest BCUT2D eigenvalue weighted by atomic mass is 16.1. The van der Waals surface area contributed by atoms with Crippen molar-refractivity contribution in [2.24, 2.45) is 17.3 Å². The van der Waals surface area contributed by atoms with Gasteiger partial charge in [0.2, 0.25) is 0 Å². The van der Waals surface area contributed by atoms with Crippen LogP contribution in [0.25, 0.3) is 0 Å². The summed E-state index contributed by atoms with van der Waals surface area (Å²) in [6.07, 6.45) is 6.87. The molecular formula is C12H20O. The van der Waals surface area contributed by atoms with Gasteiger partial charge in [-0.25, -0.2) is 0 Å². The average Bonchev–Trinajstić information content (AvgIpc) is 2.17. The van der Waals surface area contributed by atoms with Gasteiger partial charge in [0.05, 0.1) is 0 Å². The van der Waals surface area contributed by atoms with Crippen LogP contribution >= 0.6 is 0 Å². The molecular weight excluding hydrogens is 160 g/mol. The molecule has 0 radical (unpaired) electrons. The molecule has 0 aromatic rings. The zero-order valence-corrected chi connectivity index (χ0v) is 8.81. The molecule has 2 unspecified atom stereocenters. The molecule has 2 rings (SSSR count). The lowest BCUT2D eigenvalue weighted by molar-refractivity contribution is -0.120. The molecule has 0 aromatic carbocycles. The number of hydrogen-bond acceptors (Lipinski definition) is 1. The number of hydrogen-bond donors (Lipinski definition) is 0. The monoisotopic (exact) mass is 180 g/mol. The summed E-state index contributed by atoms with van der Waals surface area (Å²) < 4.78 is 0. The lowest BCUT2D eigenvalue weighted by Gasteiger charge is -2.43. The Kier molecular flexibility index (Phi) is 2.21. The predicted molar refractivity (Wildman–Crippen MR) is 53.5 cm³/mol. The highest BCUT2D eigenvalue weighted by molar-refractivity contribution is 5.79. The molecule has 1 heteroatoms. The molecule has 0 N–H and O–H groups in total. The van der Waals surface area contributed by atoms with E-state index in [-0.39, 0.29) is 0 Å². The van der Waals surface area contributed by atoms with Gasteiger partial charge in [-0.3, -0.25) is 4.79 Å². The molecule has 2 aliphatic rings. The molecule has 2 bridgehead atoms. The van der Waals surface area contributed by atoms with Crippen molar-refractivity contribution in [2.45, 2.75) is 52.4 Å². The van der Waals surface area contributed by atoms with Crippen LogP contribution in [0.1, 0.15) is 52.4 Å². The van der Waals surface area contributed by atoms with Crippen LogP contribution in [0.2, 0.25) is 0 Å². The SMILES string of the molecule is CC1(C)C2CCCC1CC(=O)CC2. The first-order chi connectivity index (χ1) is 6.10. The summed E-state index contributed by atoms with van der Waals surface area (Å²) in [6, 6.07) is 0. The van der Waals surface area contributed by atoms with Gasteiger partial charge in [-0.15, -0.1) is 0 Å². The zero-order valence-electron chi connectivity index (χ0n) is 8.81. The maximum absolute atomic E-state index is 11.5. The Bertz CT molecular complexity index is 217. The Hall–Kier alpha value is -0.330. The smallest absolute Gasteiger partial charge is 0.133 e. The molecule has 2 atom stereocenters. The molecule has 2 fully saturated rings. The summed E-state index contributed by atoms with van der Waals surface area (Å²) in [5.74, 6) is 2.02. The fourth-order valence-corrected chi connectivity index (χ4v) is 3.28. The number of Topliss-reactive ketones (excluding diaryl/α,β-unsaturated/α-hetero) is 1. The van der Waals surface area contributed by atoms with E-state index in [1.165, 1.54) is 19.3 Å². The van der Waals surface area contributed by atoms with Gasteiger partial charge in [0.1, 0.15) is 5.78 Å². The highest BCUT2D eigenvalue weighted by Gasteiger charge is 2.42. The van der Waals surface area contributed by atoms with Gasteiger partial charge in [0.15, 0.2) is 0 Å². The molecule has 74 valence electrons. The first-order valence-corrected chi connectivity index (χ1v) is 5.62. The molecule has 0 aromatic heterocycles. The fraction of sp³-hybridized carbons (Fsp3) is 0.917. The van der Waals surface area contributed by atoms with Crippen molar-refractivity contribution in [3.63, 3.8) is 0 Å². The first-order valence-electron chi connectivity index (χ1n) is 5.62. The number of carbonyl (C=O) groups is 1. The van der Waals surface area contributed by atoms with Crippen molar-refractivity contribution in [1.29, 1.82) is 0 Å². The summed E-state index contributed by atoms with van der Waals surface area (Å²) in [5.41, 5.74) is 0.435. The summed E-state index contributed by atoms with van der Waals surface area (Å²) in [5, 5.41) is 0. The third kappa shape index (κ3) is 1.53. The second-order valence-electron chi connectivity index (χ2n) is 5.43. The van der Waals surface area contributed by atoms with Crippen LogP contribution in [-0.2, 0) is 4.79 Å². The van der Waals surface area contributed by atoms with E-state index >= 15 is 0 Å². The topological polar surface area (TPSA) is 17.1 Å². The second kappa shape index (κ2) is 3.11. The third-order valence-electron chi connectivity index (χ3n) is 4.46. The van der Waals surface area contributed by atoms with Gasteiger partial charge >= 0.3 is 0 Å². The third-order valence-corrected chi connectivity index (χ3v) is 4.46. The molecule has 2 aliphatic carbocycles. The minimum absolute atomic E-state index is 0.435. The Balaban J connectivity index is 2.24. The lowest BCUT2D eigenvalue weighted by atomic mass is 9.62. The zero-order chi connectivity index (χ0) is 9.47. The van der Waals surface area contributed by atoms with E-state index in [4.69, 9.17) is 0 Å². The second-order valence-corrected chi connectivity index (χ2v) is 5.43. The van der Waals surface area contributed by atoms with Crippen LogP contribution in [0.3, 0.4) is 0 Å². The van der Waals surface area contributed by atoms with E-state index in [9.17, 15) is 4.79 Å². The van der Waals surface area contributed by atoms with Crippen LogP contribution < -0.4 is 0 Å². The maximum atomic E-state index is 11.5. The van der Waals surface area contributed by atoms with E-state index in [1.54, 1.807) is 0 Å². The van der Waals surface area contributed by atoms with Crippen LogP contribution in [0.4, 0.5) is 0 Å². The largest absolute Gasteiger partial charge is 0.300 e. The van der Waals surface area contributed by atoms with Crippen LogP contribution in [0, 0.1) is 17.3 Å². The Morgan fingerprint density at radius 1 is 1.15 bits per heavy atom. The van der Waals surface area contributed by atoms with Crippen molar-refractivity contribution >= 4 is 5.78 Å². The molecule has 13 heavy (non-hydrogen) atoms. The van der Waals surface area contributed by atoms with Crippen LogP contribution in [-0.4, -0.2) is 5.78 Å². The van der Waals surface area contributed by atoms with Crippen molar-refractivity contribution in [1.82, 2.24) is 0 Å².